The number of nitrogens with zero attached hydrogens (tertiary/aromatic N) is 5. The van der Waals surface area contributed by atoms with Crippen LogP contribution in [0.4, 0.5) is 5.13 Å². The summed E-state index contributed by atoms with van der Waals surface area (Å²) >= 11 is 1.32. The maximum atomic E-state index is 12.4. The van der Waals surface area contributed by atoms with E-state index in [4.69, 9.17) is 14.6 Å². The third-order valence-corrected chi connectivity index (χ3v) is 5.12. The van der Waals surface area contributed by atoms with E-state index in [0.717, 1.165) is 17.2 Å². The Bertz CT molecular complexity index is 823. The number of imidazole rings is 1. The summed E-state index contributed by atoms with van der Waals surface area (Å²) in [7, 11) is 0. The largest absolute Gasteiger partial charge is 0.483 e. The van der Waals surface area contributed by atoms with E-state index in [9.17, 15) is 9.59 Å². The SMILES string of the molecule is CCOCc1nnc(N2CC(C(=O)NCc3cncn3CC)CC2=O)s1.O=CO. The monoisotopic (exact) mass is 424 g/mol. The molecule has 29 heavy (non-hydrogen) atoms. The molecule has 1 fully saturated rings. The predicted octanol–water partition coefficient (Wildman–Crippen LogP) is 0.661. The second kappa shape index (κ2) is 11.2. The molecular weight excluding hydrogens is 400 g/mol. The van der Waals surface area contributed by atoms with Crippen molar-refractivity contribution >= 4 is 34.8 Å². The Morgan fingerprint density at radius 2 is 2.21 bits per heavy atom. The van der Waals surface area contributed by atoms with Crippen molar-refractivity contribution in [2.75, 3.05) is 18.1 Å². The molecule has 1 saturated heterocycles. The van der Waals surface area contributed by atoms with Crippen LogP contribution in [0.3, 0.4) is 0 Å². The molecule has 0 saturated carbocycles. The van der Waals surface area contributed by atoms with E-state index < -0.39 is 0 Å². The zero-order chi connectivity index (χ0) is 21.2. The molecule has 1 unspecified atom stereocenters. The quantitative estimate of drug-likeness (QED) is 0.589. The van der Waals surface area contributed by atoms with Crippen molar-refractivity contribution in [1.29, 1.82) is 0 Å². The second-order valence-corrected chi connectivity index (χ2v) is 7.06. The number of ether oxygens (including phenoxy) is 1. The fourth-order valence-corrected chi connectivity index (χ4v) is 3.57. The normalized spacial score (nSPS) is 15.7. The fourth-order valence-electron chi connectivity index (χ4n) is 2.77. The lowest BCUT2D eigenvalue weighted by Crippen LogP contribution is -2.33. The zero-order valence-corrected chi connectivity index (χ0v) is 17.1. The van der Waals surface area contributed by atoms with Gasteiger partial charge in [-0.05, 0) is 13.8 Å². The molecule has 2 aromatic heterocycles. The zero-order valence-electron chi connectivity index (χ0n) is 16.3. The van der Waals surface area contributed by atoms with Gasteiger partial charge >= 0.3 is 0 Å². The smallest absolute Gasteiger partial charge is 0.290 e. The molecule has 3 rings (SSSR count). The molecule has 1 atom stereocenters. The summed E-state index contributed by atoms with van der Waals surface area (Å²) in [6, 6.07) is 0. The van der Waals surface area contributed by atoms with Gasteiger partial charge in [0.15, 0.2) is 0 Å². The number of carbonyl (C=O) groups excluding carboxylic acids is 2. The Morgan fingerprint density at radius 1 is 1.45 bits per heavy atom. The first-order valence-electron chi connectivity index (χ1n) is 9.09. The van der Waals surface area contributed by atoms with Crippen LogP contribution in [0.5, 0.6) is 0 Å². The van der Waals surface area contributed by atoms with Gasteiger partial charge in [0.25, 0.3) is 6.47 Å². The number of amides is 2. The van der Waals surface area contributed by atoms with Crippen molar-refractivity contribution in [2.45, 2.75) is 40.0 Å². The highest BCUT2D eigenvalue weighted by molar-refractivity contribution is 7.15. The number of aryl methyl sites for hydroxylation is 1. The summed E-state index contributed by atoms with van der Waals surface area (Å²) in [4.78, 5) is 38.7. The number of hydrogen-bond donors (Lipinski definition) is 2. The van der Waals surface area contributed by atoms with E-state index in [1.54, 1.807) is 12.5 Å². The number of rotatable bonds is 8. The first-order valence-corrected chi connectivity index (χ1v) is 9.90. The summed E-state index contributed by atoms with van der Waals surface area (Å²) in [5, 5.41) is 19.1. The molecule has 12 heteroatoms. The average Bonchev–Trinajstić information content (AvgIpc) is 3.44. The lowest BCUT2D eigenvalue weighted by atomic mass is 10.1. The van der Waals surface area contributed by atoms with E-state index in [0.29, 0.717) is 31.4 Å². The lowest BCUT2D eigenvalue weighted by Gasteiger charge is -2.13. The van der Waals surface area contributed by atoms with Gasteiger partial charge in [0, 0.05) is 32.3 Å². The molecule has 0 aliphatic carbocycles. The van der Waals surface area contributed by atoms with Crippen LogP contribution in [0.25, 0.3) is 0 Å². The number of carboxylic acid groups (broad SMARTS) is 1. The molecule has 0 spiro atoms. The minimum absolute atomic E-state index is 0.108. The third-order valence-electron chi connectivity index (χ3n) is 4.20. The maximum absolute atomic E-state index is 12.4. The van der Waals surface area contributed by atoms with Gasteiger partial charge in [-0.3, -0.25) is 19.3 Å². The molecule has 0 bridgehead atoms. The Morgan fingerprint density at radius 3 is 2.90 bits per heavy atom. The molecule has 0 aromatic carbocycles. The molecule has 158 valence electrons. The number of hydrogen-bond acceptors (Lipinski definition) is 8. The van der Waals surface area contributed by atoms with E-state index in [1.807, 2.05) is 18.4 Å². The summed E-state index contributed by atoms with van der Waals surface area (Å²) in [5.74, 6) is -0.633. The molecular formula is C17H24N6O5S. The van der Waals surface area contributed by atoms with Gasteiger partial charge in [-0.25, -0.2) is 4.98 Å². The van der Waals surface area contributed by atoms with Crippen LogP contribution in [0.1, 0.15) is 31.0 Å². The van der Waals surface area contributed by atoms with E-state index in [2.05, 4.69) is 20.5 Å². The Balaban J connectivity index is 0.000000941. The standard InChI is InChI=1S/C16H22N6O3S.CH2O2/c1-3-21-10-17-6-12(21)7-18-15(24)11-5-14(23)22(8-11)16-20-19-13(26-16)9-25-4-2;2-1-3/h6,10-11H,3-5,7-9H2,1-2H3,(H,18,24);1H,(H,2,3). The minimum atomic E-state index is -0.389. The highest BCUT2D eigenvalue weighted by Gasteiger charge is 2.36. The van der Waals surface area contributed by atoms with Crippen LogP contribution in [-0.4, -0.2) is 56.3 Å². The fraction of sp³-hybridized carbons (Fsp3) is 0.529. The summed E-state index contributed by atoms with van der Waals surface area (Å²) in [6.07, 6.45) is 3.65. The van der Waals surface area contributed by atoms with Gasteiger partial charge in [-0.1, -0.05) is 11.3 Å². The third kappa shape index (κ3) is 6.06. The topological polar surface area (TPSA) is 140 Å². The van der Waals surface area contributed by atoms with Crippen molar-refractivity contribution in [1.82, 2.24) is 25.1 Å². The summed E-state index contributed by atoms with van der Waals surface area (Å²) < 4.78 is 7.27. The minimum Gasteiger partial charge on any atom is -0.483 e. The number of carbonyl (C=O) groups is 3. The van der Waals surface area contributed by atoms with Gasteiger partial charge in [0.1, 0.15) is 11.6 Å². The average molecular weight is 424 g/mol. The predicted molar refractivity (Wildman–Crippen MR) is 104 cm³/mol. The summed E-state index contributed by atoms with van der Waals surface area (Å²) in [6.45, 7) is 6.16. The molecule has 2 aromatic rings. The molecule has 0 radical (unpaired) electrons. The molecule has 11 nitrogen and oxygen atoms in total. The van der Waals surface area contributed by atoms with Crippen molar-refractivity contribution in [2.24, 2.45) is 5.92 Å². The lowest BCUT2D eigenvalue weighted by molar-refractivity contribution is -0.126. The van der Waals surface area contributed by atoms with E-state index in [1.165, 1.54) is 16.2 Å². The summed E-state index contributed by atoms with van der Waals surface area (Å²) in [5.41, 5.74) is 0.937. The number of nitrogens with one attached hydrogen (secondary N) is 1. The van der Waals surface area contributed by atoms with Gasteiger partial charge < -0.3 is 19.7 Å². The van der Waals surface area contributed by atoms with E-state index >= 15 is 0 Å². The van der Waals surface area contributed by atoms with Crippen LogP contribution in [-0.2, 0) is 38.8 Å². The van der Waals surface area contributed by atoms with Crippen molar-refractivity contribution in [3.05, 3.63) is 23.2 Å². The number of aromatic nitrogens is 4. The van der Waals surface area contributed by atoms with Crippen LogP contribution >= 0.6 is 11.3 Å². The molecule has 2 N–H and O–H groups in total. The first-order chi connectivity index (χ1) is 14.0. The van der Waals surface area contributed by atoms with Crippen molar-refractivity contribution in [3.63, 3.8) is 0 Å². The van der Waals surface area contributed by atoms with Crippen LogP contribution in [0.15, 0.2) is 12.5 Å². The molecule has 2 amide bonds. The Kier molecular flexibility index (Phi) is 8.68. The van der Waals surface area contributed by atoms with Gasteiger partial charge in [0.2, 0.25) is 16.9 Å². The molecule has 1 aliphatic heterocycles. The Labute approximate surface area is 171 Å². The van der Waals surface area contributed by atoms with Crippen molar-refractivity contribution in [3.8, 4) is 0 Å². The van der Waals surface area contributed by atoms with Crippen LogP contribution in [0, 0.1) is 5.92 Å². The highest BCUT2D eigenvalue weighted by atomic mass is 32.1. The molecule has 3 heterocycles. The Hall–Kier alpha value is -2.86. The van der Waals surface area contributed by atoms with Crippen molar-refractivity contribution < 1.29 is 24.2 Å². The molecule has 1 aliphatic rings. The van der Waals surface area contributed by atoms with Crippen LogP contribution in [0.2, 0.25) is 0 Å². The van der Waals surface area contributed by atoms with Gasteiger partial charge in [0.05, 0.1) is 24.5 Å². The highest BCUT2D eigenvalue weighted by Crippen LogP contribution is 2.28. The van der Waals surface area contributed by atoms with Gasteiger partial charge in [-0.2, -0.15) is 0 Å². The first kappa shape index (κ1) is 22.4. The van der Waals surface area contributed by atoms with Crippen LogP contribution < -0.4 is 10.2 Å². The van der Waals surface area contributed by atoms with Gasteiger partial charge in [-0.15, -0.1) is 10.2 Å². The van der Waals surface area contributed by atoms with E-state index in [-0.39, 0.29) is 30.6 Å². The number of anilines is 1. The maximum Gasteiger partial charge on any atom is 0.290 e. The second-order valence-electron chi connectivity index (χ2n) is 6.02.